The largest absolute Gasteiger partial charge is 0.378 e. The lowest BCUT2D eigenvalue weighted by Gasteiger charge is -2.39. The van der Waals surface area contributed by atoms with E-state index in [1.807, 2.05) is 6.07 Å². The zero-order valence-electron chi connectivity index (χ0n) is 15.8. The lowest BCUT2D eigenvalue weighted by atomic mass is 9.77. The van der Waals surface area contributed by atoms with E-state index < -0.39 is 5.72 Å². The molecule has 2 aliphatic heterocycles. The van der Waals surface area contributed by atoms with Crippen molar-refractivity contribution in [3.8, 4) is 0 Å². The molecule has 26 heavy (non-hydrogen) atoms. The summed E-state index contributed by atoms with van der Waals surface area (Å²) in [4.78, 5) is 4.48. The molecule has 0 spiro atoms. The summed E-state index contributed by atoms with van der Waals surface area (Å²) in [6, 6.07) is 14.7. The second kappa shape index (κ2) is 6.04. The lowest BCUT2D eigenvalue weighted by Crippen LogP contribution is -2.51. The van der Waals surface area contributed by atoms with Crippen LogP contribution in [0.1, 0.15) is 25.0 Å². The summed E-state index contributed by atoms with van der Waals surface area (Å²) >= 11 is 6.28. The molecular formula is C22H25ClN2O. The fourth-order valence-electron chi connectivity index (χ4n) is 4.23. The maximum Gasteiger partial charge on any atom is 0.170 e. The van der Waals surface area contributed by atoms with Gasteiger partial charge in [-0.1, -0.05) is 43.7 Å². The van der Waals surface area contributed by atoms with E-state index in [4.69, 9.17) is 16.3 Å². The van der Waals surface area contributed by atoms with Gasteiger partial charge in [0, 0.05) is 42.5 Å². The Bertz CT molecular complexity index is 857. The number of rotatable bonds is 3. The summed E-state index contributed by atoms with van der Waals surface area (Å²) in [6.07, 6.45) is 4.39. The lowest BCUT2D eigenvalue weighted by molar-refractivity contribution is 0.000339. The van der Waals surface area contributed by atoms with Crippen molar-refractivity contribution >= 4 is 29.1 Å². The third kappa shape index (κ3) is 2.45. The Morgan fingerprint density at radius 3 is 2.54 bits per heavy atom. The summed E-state index contributed by atoms with van der Waals surface area (Å²) < 4.78 is 6.37. The number of anilines is 2. The molecule has 1 unspecified atom stereocenters. The summed E-state index contributed by atoms with van der Waals surface area (Å²) in [5, 5.41) is 0.774. The molecule has 4 rings (SSSR count). The van der Waals surface area contributed by atoms with Crippen molar-refractivity contribution in [3.63, 3.8) is 0 Å². The Morgan fingerprint density at radius 1 is 1.12 bits per heavy atom. The summed E-state index contributed by atoms with van der Waals surface area (Å²) in [6.45, 7) is 6.11. The minimum atomic E-state index is -0.472. The summed E-state index contributed by atoms with van der Waals surface area (Å²) in [7, 11) is 4.11. The SMILES string of the molecule is CN(C)c1ccc(/C=C/C23OCCN2c2ccc(Cl)cc2C3(C)C)cc1. The van der Waals surface area contributed by atoms with Gasteiger partial charge in [-0.05, 0) is 47.5 Å². The number of ether oxygens (including phenoxy) is 1. The summed E-state index contributed by atoms with van der Waals surface area (Å²) in [5.41, 5.74) is 4.18. The van der Waals surface area contributed by atoms with Gasteiger partial charge in [0.15, 0.2) is 5.72 Å². The van der Waals surface area contributed by atoms with Crippen LogP contribution < -0.4 is 9.80 Å². The highest BCUT2D eigenvalue weighted by Gasteiger charge is 2.59. The molecule has 0 amide bonds. The fraction of sp³-hybridized carbons (Fsp3) is 0.364. The molecule has 0 radical (unpaired) electrons. The van der Waals surface area contributed by atoms with Crippen LogP contribution in [-0.4, -0.2) is 33.0 Å². The van der Waals surface area contributed by atoms with Crippen molar-refractivity contribution in [3.05, 3.63) is 64.7 Å². The molecule has 3 nitrogen and oxygen atoms in total. The van der Waals surface area contributed by atoms with Gasteiger partial charge < -0.3 is 14.5 Å². The molecule has 0 bridgehead atoms. The monoisotopic (exact) mass is 368 g/mol. The van der Waals surface area contributed by atoms with Gasteiger partial charge in [0.25, 0.3) is 0 Å². The van der Waals surface area contributed by atoms with Crippen LogP contribution in [0, 0.1) is 0 Å². The van der Waals surface area contributed by atoms with Crippen LogP contribution in [0.15, 0.2) is 48.5 Å². The van der Waals surface area contributed by atoms with Crippen molar-refractivity contribution in [2.45, 2.75) is 25.0 Å². The Balaban J connectivity index is 1.73. The topological polar surface area (TPSA) is 15.7 Å². The van der Waals surface area contributed by atoms with E-state index in [1.54, 1.807) is 0 Å². The van der Waals surface area contributed by atoms with E-state index in [9.17, 15) is 0 Å². The van der Waals surface area contributed by atoms with Gasteiger partial charge in [-0.3, -0.25) is 0 Å². The molecule has 0 aromatic heterocycles. The number of hydrogen-bond acceptors (Lipinski definition) is 3. The van der Waals surface area contributed by atoms with Gasteiger partial charge in [-0.15, -0.1) is 0 Å². The van der Waals surface area contributed by atoms with Crippen molar-refractivity contribution in [2.24, 2.45) is 0 Å². The molecule has 136 valence electrons. The van der Waals surface area contributed by atoms with Crippen LogP contribution in [0.3, 0.4) is 0 Å². The van der Waals surface area contributed by atoms with E-state index in [-0.39, 0.29) is 5.41 Å². The van der Waals surface area contributed by atoms with Gasteiger partial charge in [0.2, 0.25) is 0 Å². The van der Waals surface area contributed by atoms with Crippen LogP contribution in [0.25, 0.3) is 6.08 Å². The number of hydrogen-bond donors (Lipinski definition) is 0. The smallest absolute Gasteiger partial charge is 0.170 e. The Labute approximate surface area is 160 Å². The van der Waals surface area contributed by atoms with Gasteiger partial charge >= 0.3 is 0 Å². The van der Waals surface area contributed by atoms with Gasteiger partial charge in [-0.25, -0.2) is 0 Å². The van der Waals surface area contributed by atoms with Crippen LogP contribution in [-0.2, 0) is 10.2 Å². The molecule has 2 aliphatic rings. The standard InChI is InChI=1S/C22H25ClN2O/c1-21(2)19-15-17(23)7-10-20(19)25-13-14-26-22(21,25)12-11-16-5-8-18(9-6-16)24(3)4/h5-12,15H,13-14H2,1-4H3/b12-11+. The van der Waals surface area contributed by atoms with Crippen molar-refractivity contribution in [2.75, 3.05) is 37.0 Å². The number of benzene rings is 2. The fourth-order valence-corrected chi connectivity index (χ4v) is 4.40. The predicted octanol–water partition coefficient (Wildman–Crippen LogP) is 4.94. The van der Waals surface area contributed by atoms with E-state index in [1.165, 1.54) is 22.5 Å². The van der Waals surface area contributed by atoms with Crippen LogP contribution in [0.2, 0.25) is 5.02 Å². The van der Waals surface area contributed by atoms with E-state index in [0.717, 1.165) is 18.2 Å². The second-order valence-corrected chi connectivity index (χ2v) is 8.24. The molecule has 2 aromatic rings. The van der Waals surface area contributed by atoms with Crippen molar-refractivity contribution in [1.82, 2.24) is 0 Å². The van der Waals surface area contributed by atoms with E-state index in [0.29, 0.717) is 0 Å². The Kier molecular flexibility index (Phi) is 4.05. The molecule has 1 saturated heterocycles. The third-order valence-corrected chi connectivity index (χ3v) is 6.00. The van der Waals surface area contributed by atoms with Gasteiger partial charge in [0.05, 0.1) is 6.61 Å². The average Bonchev–Trinajstić information content (AvgIpc) is 3.11. The molecule has 1 fully saturated rings. The molecule has 0 saturated carbocycles. The average molecular weight is 369 g/mol. The maximum atomic E-state index is 6.37. The highest BCUT2D eigenvalue weighted by atomic mass is 35.5. The first-order valence-corrected chi connectivity index (χ1v) is 9.41. The first-order valence-electron chi connectivity index (χ1n) is 9.03. The molecule has 0 N–H and O–H groups in total. The van der Waals surface area contributed by atoms with Gasteiger partial charge in [0.1, 0.15) is 0 Å². The first kappa shape index (κ1) is 17.4. The zero-order chi connectivity index (χ0) is 18.5. The molecule has 4 heteroatoms. The molecule has 1 atom stereocenters. The van der Waals surface area contributed by atoms with Crippen molar-refractivity contribution < 1.29 is 4.74 Å². The Hall–Kier alpha value is -1.97. The van der Waals surface area contributed by atoms with Crippen LogP contribution in [0.5, 0.6) is 0 Å². The summed E-state index contributed by atoms with van der Waals surface area (Å²) in [5.74, 6) is 0. The first-order chi connectivity index (χ1) is 12.3. The van der Waals surface area contributed by atoms with Gasteiger partial charge in [-0.2, -0.15) is 0 Å². The highest BCUT2D eigenvalue weighted by molar-refractivity contribution is 6.30. The predicted molar refractivity (Wildman–Crippen MR) is 110 cm³/mol. The van der Waals surface area contributed by atoms with Crippen molar-refractivity contribution in [1.29, 1.82) is 0 Å². The quantitative estimate of drug-likeness (QED) is 0.762. The molecule has 2 aromatic carbocycles. The zero-order valence-corrected chi connectivity index (χ0v) is 16.5. The minimum Gasteiger partial charge on any atom is -0.378 e. The molecule has 0 aliphatic carbocycles. The number of fused-ring (bicyclic) bond motifs is 3. The number of nitrogens with zero attached hydrogens (tertiary/aromatic N) is 2. The molecular weight excluding hydrogens is 344 g/mol. The normalized spacial score (nSPS) is 23.3. The Morgan fingerprint density at radius 2 is 1.85 bits per heavy atom. The second-order valence-electron chi connectivity index (χ2n) is 7.80. The highest BCUT2D eigenvalue weighted by Crippen LogP contribution is 2.55. The van der Waals surface area contributed by atoms with Crippen LogP contribution >= 0.6 is 11.6 Å². The maximum absolute atomic E-state index is 6.37. The molecule has 2 heterocycles. The minimum absolute atomic E-state index is 0.191. The third-order valence-electron chi connectivity index (χ3n) is 5.77. The number of halogens is 1. The van der Waals surface area contributed by atoms with E-state index in [2.05, 4.69) is 86.3 Å². The van der Waals surface area contributed by atoms with E-state index >= 15 is 0 Å². The van der Waals surface area contributed by atoms with Crippen LogP contribution in [0.4, 0.5) is 11.4 Å².